The maximum atomic E-state index is 12.8. The van der Waals surface area contributed by atoms with Crippen molar-refractivity contribution in [3.05, 3.63) is 70.5 Å². The van der Waals surface area contributed by atoms with Gasteiger partial charge < -0.3 is 0 Å². The van der Waals surface area contributed by atoms with Gasteiger partial charge in [0.25, 0.3) is 0 Å². The molecule has 2 rings (SSSR count). The second kappa shape index (κ2) is 10.1. The van der Waals surface area contributed by atoms with Crippen molar-refractivity contribution in [2.24, 2.45) is 0 Å². The summed E-state index contributed by atoms with van der Waals surface area (Å²) in [6, 6.07) is 13.4. The SMILES string of the molecule is CCCC(=O)c1ccccc1C(C)=O.CCc1ccc(C#N)c(F)c1. The van der Waals surface area contributed by atoms with Crippen molar-refractivity contribution in [3.8, 4) is 6.07 Å². The van der Waals surface area contributed by atoms with Gasteiger partial charge in [-0.3, -0.25) is 9.59 Å². The number of benzene rings is 2. The first-order chi connectivity index (χ1) is 11.9. The number of ketones is 2. The van der Waals surface area contributed by atoms with Gasteiger partial charge in [0.1, 0.15) is 11.9 Å². The fourth-order valence-electron chi connectivity index (χ4n) is 2.26. The van der Waals surface area contributed by atoms with E-state index in [9.17, 15) is 14.0 Å². The summed E-state index contributed by atoms with van der Waals surface area (Å²) in [6.45, 7) is 5.38. The fraction of sp³-hybridized carbons (Fsp3) is 0.286. The van der Waals surface area contributed by atoms with Gasteiger partial charge in [0.15, 0.2) is 11.6 Å². The Kier molecular flexibility index (Phi) is 8.22. The minimum Gasteiger partial charge on any atom is -0.294 e. The molecule has 0 aliphatic rings. The Morgan fingerprint density at radius 3 is 2.20 bits per heavy atom. The number of hydrogen-bond donors (Lipinski definition) is 0. The molecule has 4 heteroatoms. The molecule has 0 radical (unpaired) electrons. The average molecular weight is 339 g/mol. The molecule has 130 valence electrons. The normalized spacial score (nSPS) is 9.56. The summed E-state index contributed by atoms with van der Waals surface area (Å²) in [5.41, 5.74) is 2.12. The Labute approximate surface area is 148 Å². The molecule has 0 unspecified atom stereocenters. The Bertz CT molecular complexity index is 791. The van der Waals surface area contributed by atoms with Crippen LogP contribution in [-0.2, 0) is 6.42 Å². The molecule has 0 N–H and O–H groups in total. The number of Topliss-reactive ketones (excluding diaryl/α,β-unsaturated/α-hetero) is 2. The first-order valence-electron chi connectivity index (χ1n) is 8.26. The number of nitrogens with zero attached hydrogens (tertiary/aromatic N) is 1. The Balaban J connectivity index is 0.000000257. The second-order valence-electron chi connectivity index (χ2n) is 5.55. The number of nitriles is 1. The molecule has 0 fully saturated rings. The van der Waals surface area contributed by atoms with Crippen LogP contribution in [0.1, 0.15) is 65.5 Å². The lowest BCUT2D eigenvalue weighted by molar-refractivity contribution is 0.0961. The van der Waals surface area contributed by atoms with Crippen LogP contribution in [0.4, 0.5) is 4.39 Å². The molecule has 0 heterocycles. The number of rotatable bonds is 5. The summed E-state index contributed by atoms with van der Waals surface area (Å²) in [4.78, 5) is 22.8. The van der Waals surface area contributed by atoms with Gasteiger partial charge in [-0.2, -0.15) is 5.26 Å². The molecule has 0 amide bonds. The average Bonchev–Trinajstić information content (AvgIpc) is 2.62. The lowest BCUT2D eigenvalue weighted by atomic mass is 9.99. The van der Waals surface area contributed by atoms with Gasteiger partial charge in [0.2, 0.25) is 0 Å². The predicted molar refractivity (Wildman–Crippen MR) is 96.2 cm³/mol. The highest BCUT2D eigenvalue weighted by atomic mass is 19.1. The monoisotopic (exact) mass is 339 g/mol. The van der Waals surface area contributed by atoms with E-state index >= 15 is 0 Å². The molecule has 25 heavy (non-hydrogen) atoms. The zero-order valence-electron chi connectivity index (χ0n) is 14.8. The molecule has 0 bridgehead atoms. The summed E-state index contributed by atoms with van der Waals surface area (Å²) in [6.07, 6.45) is 2.11. The number of carbonyl (C=O) groups excluding carboxylic acids is 2. The van der Waals surface area contributed by atoms with E-state index in [4.69, 9.17) is 5.26 Å². The lowest BCUT2D eigenvalue weighted by Gasteiger charge is -2.04. The van der Waals surface area contributed by atoms with Crippen molar-refractivity contribution < 1.29 is 14.0 Å². The van der Waals surface area contributed by atoms with Gasteiger partial charge >= 0.3 is 0 Å². The number of aryl methyl sites for hydroxylation is 1. The van der Waals surface area contributed by atoms with E-state index in [-0.39, 0.29) is 17.1 Å². The summed E-state index contributed by atoms with van der Waals surface area (Å²) in [7, 11) is 0. The van der Waals surface area contributed by atoms with Gasteiger partial charge in [-0.25, -0.2) is 4.39 Å². The van der Waals surface area contributed by atoms with Gasteiger partial charge in [-0.1, -0.05) is 44.2 Å². The summed E-state index contributed by atoms with van der Waals surface area (Å²) >= 11 is 0. The summed E-state index contributed by atoms with van der Waals surface area (Å²) < 4.78 is 12.8. The molecule has 2 aromatic carbocycles. The Morgan fingerprint density at radius 1 is 1.08 bits per heavy atom. The summed E-state index contributed by atoms with van der Waals surface area (Å²) in [5, 5.41) is 8.39. The standard InChI is InChI=1S/C12H14O2.C9H8FN/c1-3-6-12(14)11-8-5-4-7-10(11)9(2)13;1-2-7-3-4-8(6-11)9(10)5-7/h4-5,7-8H,3,6H2,1-2H3;3-5H,2H2,1H3. The van der Waals surface area contributed by atoms with Crippen LogP contribution in [0.15, 0.2) is 42.5 Å². The lowest BCUT2D eigenvalue weighted by Crippen LogP contribution is -2.06. The molecule has 0 saturated heterocycles. The van der Waals surface area contributed by atoms with Gasteiger partial charge in [-0.15, -0.1) is 0 Å². The molecule has 3 nitrogen and oxygen atoms in total. The second-order valence-corrected chi connectivity index (χ2v) is 5.55. The third-order valence-corrected chi connectivity index (χ3v) is 3.65. The van der Waals surface area contributed by atoms with Crippen molar-refractivity contribution in [2.75, 3.05) is 0 Å². The minimum absolute atomic E-state index is 0.0509. The quantitative estimate of drug-likeness (QED) is 0.709. The summed E-state index contributed by atoms with van der Waals surface area (Å²) in [5.74, 6) is -0.421. The molecule has 0 aromatic heterocycles. The number of halogens is 1. The highest BCUT2D eigenvalue weighted by Crippen LogP contribution is 2.12. The Hall–Kier alpha value is -2.80. The van der Waals surface area contributed by atoms with Crippen LogP contribution in [0.25, 0.3) is 0 Å². The van der Waals surface area contributed by atoms with E-state index in [0.29, 0.717) is 17.5 Å². The van der Waals surface area contributed by atoms with Crippen LogP contribution in [0.5, 0.6) is 0 Å². The smallest absolute Gasteiger partial charge is 0.163 e. The van der Waals surface area contributed by atoms with Crippen LogP contribution in [0, 0.1) is 17.1 Å². The highest BCUT2D eigenvalue weighted by Gasteiger charge is 2.12. The maximum Gasteiger partial charge on any atom is 0.163 e. The molecule has 2 aromatic rings. The van der Waals surface area contributed by atoms with Gasteiger partial charge in [0, 0.05) is 17.5 Å². The minimum atomic E-state index is -0.424. The predicted octanol–water partition coefficient (Wildman–Crippen LogP) is 5.13. The van der Waals surface area contributed by atoms with Crippen LogP contribution in [0.3, 0.4) is 0 Å². The molecule has 0 spiro atoms. The van der Waals surface area contributed by atoms with Crippen LogP contribution >= 0.6 is 0 Å². The zero-order valence-corrected chi connectivity index (χ0v) is 14.8. The third-order valence-electron chi connectivity index (χ3n) is 3.65. The highest BCUT2D eigenvalue weighted by molar-refractivity contribution is 6.07. The number of hydrogen-bond acceptors (Lipinski definition) is 3. The van der Waals surface area contributed by atoms with Crippen molar-refractivity contribution in [2.45, 2.75) is 40.0 Å². The topological polar surface area (TPSA) is 57.9 Å². The number of carbonyl (C=O) groups is 2. The molecule has 0 aliphatic carbocycles. The first-order valence-corrected chi connectivity index (χ1v) is 8.26. The van der Waals surface area contributed by atoms with E-state index in [1.165, 1.54) is 19.1 Å². The Morgan fingerprint density at radius 2 is 1.72 bits per heavy atom. The van der Waals surface area contributed by atoms with Crippen LogP contribution in [0.2, 0.25) is 0 Å². The fourth-order valence-corrected chi connectivity index (χ4v) is 2.26. The van der Waals surface area contributed by atoms with E-state index in [0.717, 1.165) is 18.4 Å². The molecular formula is C21H22FNO2. The van der Waals surface area contributed by atoms with Crippen molar-refractivity contribution in [3.63, 3.8) is 0 Å². The third kappa shape index (κ3) is 5.96. The molecule has 0 atom stereocenters. The van der Waals surface area contributed by atoms with Crippen LogP contribution in [-0.4, -0.2) is 11.6 Å². The van der Waals surface area contributed by atoms with Gasteiger partial charge in [0.05, 0.1) is 5.56 Å². The molecule has 0 saturated carbocycles. The molecular weight excluding hydrogens is 317 g/mol. The zero-order chi connectivity index (χ0) is 18.8. The van der Waals surface area contributed by atoms with E-state index in [1.54, 1.807) is 36.4 Å². The molecule has 0 aliphatic heterocycles. The maximum absolute atomic E-state index is 12.8. The van der Waals surface area contributed by atoms with Crippen LogP contribution < -0.4 is 0 Å². The van der Waals surface area contributed by atoms with E-state index < -0.39 is 5.82 Å². The largest absolute Gasteiger partial charge is 0.294 e. The van der Waals surface area contributed by atoms with E-state index in [2.05, 4.69) is 0 Å². The van der Waals surface area contributed by atoms with E-state index in [1.807, 2.05) is 13.8 Å². The first kappa shape index (κ1) is 20.2. The van der Waals surface area contributed by atoms with Gasteiger partial charge in [-0.05, 0) is 37.5 Å². The van der Waals surface area contributed by atoms with Crippen molar-refractivity contribution >= 4 is 11.6 Å². The van der Waals surface area contributed by atoms with Crippen molar-refractivity contribution in [1.82, 2.24) is 0 Å². The van der Waals surface area contributed by atoms with Crippen molar-refractivity contribution in [1.29, 1.82) is 5.26 Å².